The number of aryl methyl sites for hydroxylation is 1. The summed E-state index contributed by atoms with van der Waals surface area (Å²) in [5.41, 5.74) is 9.71. The van der Waals surface area contributed by atoms with Crippen molar-refractivity contribution in [3.8, 4) is 40.1 Å². The first-order chi connectivity index (χ1) is 15.6. The summed E-state index contributed by atoms with van der Waals surface area (Å²) in [6.45, 7) is 2.26. The molecule has 0 unspecified atom stereocenters. The average Bonchev–Trinajstić information content (AvgIpc) is 2.79. The van der Waals surface area contributed by atoms with Gasteiger partial charge in [-0.25, -0.2) is 9.37 Å². The van der Waals surface area contributed by atoms with E-state index in [0.29, 0.717) is 47.2 Å². The van der Waals surface area contributed by atoms with Crippen LogP contribution in [0.25, 0.3) is 22.4 Å². The number of benzene rings is 2. The smallest absolute Gasteiger partial charge is 0.223 e. The molecule has 2 heterocycles. The van der Waals surface area contributed by atoms with Crippen LogP contribution in [0.1, 0.15) is 17.1 Å². The first-order valence-electron chi connectivity index (χ1n) is 10.0. The van der Waals surface area contributed by atoms with Crippen LogP contribution in [0.15, 0.2) is 66.9 Å². The van der Waals surface area contributed by atoms with Crippen LogP contribution in [-0.4, -0.2) is 21.5 Å². The maximum Gasteiger partial charge on any atom is 0.223 e. The molecule has 0 atom stereocenters. The summed E-state index contributed by atoms with van der Waals surface area (Å²) < 4.78 is 19.8. The molecule has 0 spiro atoms. The Balaban J connectivity index is 1.73. The van der Waals surface area contributed by atoms with Crippen LogP contribution in [0.4, 0.5) is 4.39 Å². The number of pyridine rings is 1. The first kappa shape index (κ1) is 21.1. The lowest BCUT2D eigenvalue weighted by atomic mass is 10.0. The molecule has 0 amide bonds. The highest BCUT2D eigenvalue weighted by Crippen LogP contribution is 2.34. The van der Waals surface area contributed by atoms with Gasteiger partial charge in [0.1, 0.15) is 17.4 Å². The van der Waals surface area contributed by atoms with E-state index in [9.17, 15) is 9.65 Å². The number of ether oxygens (including phenoxy) is 1. The molecule has 0 aliphatic heterocycles. The van der Waals surface area contributed by atoms with Crippen LogP contribution in [-0.2, 0) is 6.42 Å². The standard InChI is InChI=1S/C25H20FN5O/c1-16-30-23(18-3-2-4-20(26)12-18)13-25(31-16)32-24-11-17(14-28)5-8-22(24)19-6-7-21(9-10-27)29-15-19/h2-8,11-13,15H,9-10,27H2,1H3. The quantitative estimate of drug-likeness (QED) is 0.476. The number of halogens is 1. The number of aromatic nitrogens is 3. The number of hydrogen-bond donors (Lipinski definition) is 1. The van der Waals surface area contributed by atoms with Gasteiger partial charge in [0, 0.05) is 41.1 Å². The Morgan fingerprint density at radius 3 is 2.62 bits per heavy atom. The molecule has 32 heavy (non-hydrogen) atoms. The zero-order valence-corrected chi connectivity index (χ0v) is 17.4. The van der Waals surface area contributed by atoms with Crippen molar-refractivity contribution < 1.29 is 9.13 Å². The number of rotatable bonds is 6. The van der Waals surface area contributed by atoms with E-state index in [-0.39, 0.29) is 5.82 Å². The minimum absolute atomic E-state index is 0.292. The van der Waals surface area contributed by atoms with Crippen molar-refractivity contribution in [1.82, 2.24) is 15.0 Å². The van der Waals surface area contributed by atoms with Gasteiger partial charge in [-0.15, -0.1) is 0 Å². The fourth-order valence-corrected chi connectivity index (χ4v) is 3.30. The van der Waals surface area contributed by atoms with Crippen molar-refractivity contribution in [2.45, 2.75) is 13.3 Å². The van der Waals surface area contributed by atoms with Gasteiger partial charge in [-0.1, -0.05) is 18.2 Å². The normalized spacial score (nSPS) is 10.6. The van der Waals surface area contributed by atoms with Gasteiger partial charge in [0.05, 0.1) is 17.3 Å². The van der Waals surface area contributed by atoms with Crippen molar-refractivity contribution >= 4 is 0 Å². The fraction of sp³-hybridized carbons (Fsp3) is 0.120. The van der Waals surface area contributed by atoms with Crippen LogP contribution in [0.2, 0.25) is 0 Å². The van der Waals surface area contributed by atoms with Crippen LogP contribution in [0, 0.1) is 24.1 Å². The Morgan fingerprint density at radius 1 is 1.03 bits per heavy atom. The van der Waals surface area contributed by atoms with Crippen LogP contribution in [0.5, 0.6) is 11.6 Å². The maximum atomic E-state index is 13.7. The minimum atomic E-state index is -0.351. The predicted octanol–water partition coefficient (Wildman–Crippen LogP) is 4.82. The van der Waals surface area contributed by atoms with E-state index in [1.54, 1.807) is 43.5 Å². The second kappa shape index (κ2) is 9.33. The first-order valence-corrected chi connectivity index (χ1v) is 10.0. The molecule has 0 saturated carbocycles. The summed E-state index contributed by atoms with van der Waals surface area (Å²) in [6.07, 6.45) is 2.45. The molecule has 158 valence electrons. The van der Waals surface area contributed by atoms with Gasteiger partial charge >= 0.3 is 0 Å². The van der Waals surface area contributed by atoms with E-state index in [1.807, 2.05) is 18.2 Å². The summed E-state index contributed by atoms with van der Waals surface area (Å²) in [5, 5.41) is 9.36. The third-order valence-corrected chi connectivity index (χ3v) is 4.80. The van der Waals surface area contributed by atoms with Gasteiger partial charge in [-0.2, -0.15) is 10.2 Å². The molecule has 7 heteroatoms. The van der Waals surface area contributed by atoms with E-state index in [1.165, 1.54) is 12.1 Å². The van der Waals surface area contributed by atoms with Gasteiger partial charge in [0.15, 0.2) is 0 Å². The molecule has 0 bridgehead atoms. The van der Waals surface area contributed by atoms with E-state index in [2.05, 4.69) is 21.0 Å². The number of nitrogens with zero attached hydrogens (tertiary/aromatic N) is 4. The molecule has 0 aliphatic carbocycles. The summed E-state index contributed by atoms with van der Waals surface area (Å²) in [4.78, 5) is 13.2. The highest BCUT2D eigenvalue weighted by molar-refractivity contribution is 5.71. The monoisotopic (exact) mass is 425 g/mol. The molecule has 4 aromatic rings. The molecule has 2 N–H and O–H groups in total. The zero-order valence-electron chi connectivity index (χ0n) is 17.4. The van der Waals surface area contributed by atoms with E-state index in [0.717, 1.165) is 16.8 Å². The van der Waals surface area contributed by atoms with Gasteiger partial charge < -0.3 is 10.5 Å². The minimum Gasteiger partial charge on any atom is -0.438 e. The Bertz CT molecular complexity index is 1300. The molecule has 2 aromatic carbocycles. The highest BCUT2D eigenvalue weighted by atomic mass is 19.1. The number of hydrogen-bond acceptors (Lipinski definition) is 6. The van der Waals surface area contributed by atoms with Crippen molar-refractivity contribution in [2.75, 3.05) is 6.54 Å². The van der Waals surface area contributed by atoms with Gasteiger partial charge in [-0.05, 0) is 49.9 Å². The average molecular weight is 425 g/mol. The Morgan fingerprint density at radius 2 is 1.91 bits per heavy atom. The van der Waals surface area contributed by atoms with Crippen LogP contribution < -0.4 is 10.5 Å². The van der Waals surface area contributed by atoms with E-state index >= 15 is 0 Å². The van der Waals surface area contributed by atoms with Crippen LogP contribution in [0.3, 0.4) is 0 Å². The van der Waals surface area contributed by atoms with E-state index < -0.39 is 0 Å². The predicted molar refractivity (Wildman–Crippen MR) is 119 cm³/mol. The van der Waals surface area contributed by atoms with Crippen molar-refractivity contribution in [1.29, 1.82) is 5.26 Å². The zero-order chi connectivity index (χ0) is 22.5. The number of nitrogens with two attached hydrogens (primary N) is 1. The van der Waals surface area contributed by atoms with Crippen molar-refractivity contribution in [3.05, 3.63) is 89.8 Å². The molecular formula is C25H20FN5O. The van der Waals surface area contributed by atoms with Crippen LogP contribution >= 0.6 is 0 Å². The van der Waals surface area contributed by atoms with Gasteiger partial charge in [0.2, 0.25) is 5.88 Å². The maximum absolute atomic E-state index is 13.7. The third-order valence-electron chi connectivity index (χ3n) is 4.80. The lowest BCUT2D eigenvalue weighted by molar-refractivity contribution is 0.461. The summed E-state index contributed by atoms with van der Waals surface area (Å²) in [6, 6.07) is 19.0. The largest absolute Gasteiger partial charge is 0.438 e. The fourth-order valence-electron chi connectivity index (χ4n) is 3.30. The molecule has 4 rings (SSSR count). The van der Waals surface area contributed by atoms with Crippen molar-refractivity contribution in [3.63, 3.8) is 0 Å². The van der Waals surface area contributed by atoms with Gasteiger partial charge in [0.25, 0.3) is 0 Å². The Labute approximate surface area is 185 Å². The molecular weight excluding hydrogens is 405 g/mol. The summed E-state index contributed by atoms with van der Waals surface area (Å²) >= 11 is 0. The highest BCUT2D eigenvalue weighted by Gasteiger charge is 2.13. The number of nitriles is 1. The molecule has 0 radical (unpaired) electrons. The lowest BCUT2D eigenvalue weighted by Crippen LogP contribution is -2.04. The molecule has 6 nitrogen and oxygen atoms in total. The summed E-state index contributed by atoms with van der Waals surface area (Å²) in [5.74, 6) is 0.880. The summed E-state index contributed by atoms with van der Waals surface area (Å²) in [7, 11) is 0. The van der Waals surface area contributed by atoms with Gasteiger partial charge in [-0.3, -0.25) is 4.98 Å². The molecule has 0 saturated heterocycles. The Hall–Kier alpha value is -4.15. The van der Waals surface area contributed by atoms with Crippen molar-refractivity contribution in [2.24, 2.45) is 5.73 Å². The molecule has 0 fully saturated rings. The Kier molecular flexibility index (Phi) is 6.15. The molecule has 2 aromatic heterocycles. The van der Waals surface area contributed by atoms with E-state index in [4.69, 9.17) is 10.5 Å². The topological polar surface area (TPSA) is 97.7 Å². The molecule has 0 aliphatic rings. The second-order valence-electron chi connectivity index (χ2n) is 7.15. The third kappa shape index (κ3) is 4.77. The second-order valence-corrected chi connectivity index (χ2v) is 7.15. The SMILES string of the molecule is Cc1nc(Oc2cc(C#N)ccc2-c2ccc(CCN)nc2)cc(-c2cccc(F)c2)n1. The lowest BCUT2D eigenvalue weighted by Gasteiger charge is -2.13.